The highest BCUT2D eigenvalue weighted by Crippen LogP contribution is 2.29. The number of nitrogens with zero attached hydrogens (tertiary/aromatic N) is 2. The Labute approximate surface area is 108 Å². The van der Waals surface area contributed by atoms with E-state index in [0.717, 1.165) is 22.6 Å². The number of nitrogens with one attached hydrogen (secondary N) is 1. The van der Waals surface area contributed by atoms with E-state index in [0.29, 0.717) is 6.04 Å². The molecule has 1 unspecified atom stereocenters. The second-order valence-corrected chi connectivity index (χ2v) is 5.24. The van der Waals surface area contributed by atoms with Crippen LogP contribution in [0.25, 0.3) is 11.0 Å². The molecule has 3 heteroatoms. The van der Waals surface area contributed by atoms with Gasteiger partial charge in [-0.3, -0.25) is 9.97 Å². The fourth-order valence-corrected chi connectivity index (χ4v) is 2.89. The smallest absolute Gasteiger partial charge is 0.0907 e. The van der Waals surface area contributed by atoms with Gasteiger partial charge in [0.05, 0.1) is 11.0 Å². The van der Waals surface area contributed by atoms with Crippen LogP contribution < -0.4 is 5.32 Å². The van der Waals surface area contributed by atoms with Crippen LogP contribution in [-0.4, -0.2) is 16.0 Å². The van der Waals surface area contributed by atoms with E-state index in [1.54, 1.807) is 12.4 Å². The maximum Gasteiger partial charge on any atom is 0.0907 e. The van der Waals surface area contributed by atoms with E-state index in [1.165, 1.54) is 25.7 Å². The SMILES string of the molecule is CC(Nc1ccc2nccnc2c1)C1CCCC1. The third kappa shape index (κ3) is 2.30. The van der Waals surface area contributed by atoms with E-state index in [4.69, 9.17) is 0 Å². The van der Waals surface area contributed by atoms with Crippen LogP contribution in [0.2, 0.25) is 0 Å². The summed E-state index contributed by atoms with van der Waals surface area (Å²) in [7, 11) is 0. The first kappa shape index (κ1) is 11.5. The molecule has 94 valence electrons. The lowest BCUT2D eigenvalue weighted by Crippen LogP contribution is -2.23. The highest BCUT2D eigenvalue weighted by Gasteiger charge is 2.21. The molecule has 0 spiro atoms. The van der Waals surface area contributed by atoms with Gasteiger partial charge in [-0.2, -0.15) is 0 Å². The van der Waals surface area contributed by atoms with Crippen molar-refractivity contribution in [3.05, 3.63) is 30.6 Å². The summed E-state index contributed by atoms with van der Waals surface area (Å²) in [5.41, 5.74) is 3.07. The minimum absolute atomic E-state index is 0.543. The molecule has 2 aromatic rings. The van der Waals surface area contributed by atoms with Crippen LogP contribution >= 0.6 is 0 Å². The standard InChI is InChI=1S/C15H19N3/c1-11(12-4-2-3-5-12)18-13-6-7-14-15(10-13)17-9-8-16-14/h6-12,18H,2-5H2,1H3. The molecule has 0 saturated heterocycles. The zero-order chi connectivity index (χ0) is 12.4. The Morgan fingerprint density at radius 3 is 2.61 bits per heavy atom. The van der Waals surface area contributed by atoms with E-state index >= 15 is 0 Å². The zero-order valence-electron chi connectivity index (χ0n) is 10.8. The second-order valence-electron chi connectivity index (χ2n) is 5.24. The fraction of sp³-hybridized carbons (Fsp3) is 0.467. The third-order valence-corrected chi connectivity index (χ3v) is 3.97. The van der Waals surface area contributed by atoms with Gasteiger partial charge in [0, 0.05) is 24.1 Å². The highest BCUT2D eigenvalue weighted by molar-refractivity contribution is 5.78. The van der Waals surface area contributed by atoms with Crippen molar-refractivity contribution in [3.8, 4) is 0 Å². The summed E-state index contributed by atoms with van der Waals surface area (Å²) in [4.78, 5) is 8.63. The molecule has 1 aromatic heterocycles. The molecule has 1 aliphatic carbocycles. The number of anilines is 1. The first-order valence-corrected chi connectivity index (χ1v) is 6.80. The van der Waals surface area contributed by atoms with Gasteiger partial charge in [-0.1, -0.05) is 12.8 Å². The quantitative estimate of drug-likeness (QED) is 0.891. The average molecular weight is 241 g/mol. The molecule has 0 bridgehead atoms. The van der Waals surface area contributed by atoms with E-state index < -0.39 is 0 Å². The van der Waals surface area contributed by atoms with Gasteiger partial charge in [-0.25, -0.2) is 0 Å². The van der Waals surface area contributed by atoms with Crippen molar-refractivity contribution in [2.24, 2.45) is 5.92 Å². The maximum atomic E-state index is 4.34. The molecule has 1 aliphatic rings. The Morgan fingerprint density at radius 2 is 1.83 bits per heavy atom. The van der Waals surface area contributed by atoms with Crippen LogP contribution in [0, 0.1) is 5.92 Å². The molecule has 1 fully saturated rings. The van der Waals surface area contributed by atoms with Gasteiger partial charge in [-0.15, -0.1) is 0 Å². The molecule has 1 aromatic carbocycles. The molecule has 1 saturated carbocycles. The minimum Gasteiger partial charge on any atom is -0.382 e. The molecule has 1 N–H and O–H groups in total. The van der Waals surface area contributed by atoms with Crippen LogP contribution in [0.4, 0.5) is 5.69 Å². The highest BCUT2D eigenvalue weighted by atomic mass is 14.9. The van der Waals surface area contributed by atoms with Gasteiger partial charge in [0.2, 0.25) is 0 Å². The summed E-state index contributed by atoms with van der Waals surface area (Å²) in [6, 6.07) is 6.77. The van der Waals surface area contributed by atoms with Gasteiger partial charge < -0.3 is 5.32 Å². The fourth-order valence-electron chi connectivity index (χ4n) is 2.89. The maximum absolute atomic E-state index is 4.34. The number of benzene rings is 1. The van der Waals surface area contributed by atoms with Crippen molar-refractivity contribution in [1.82, 2.24) is 9.97 Å². The summed E-state index contributed by atoms with van der Waals surface area (Å²) >= 11 is 0. The van der Waals surface area contributed by atoms with E-state index in [9.17, 15) is 0 Å². The monoisotopic (exact) mass is 241 g/mol. The van der Waals surface area contributed by atoms with Crippen LogP contribution in [0.5, 0.6) is 0 Å². The molecular formula is C15H19N3. The Balaban J connectivity index is 1.77. The van der Waals surface area contributed by atoms with Gasteiger partial charge in [-0.05, 0) is 43.9 Å². The van der Waals surface area contributed by atoms with Crippen molar-refractivity contribution >= 4 is 16.7 Å². The van der Waals surface area contributed by atoms with Crippen molar-refractivity contribution in [2.45, 2.75) is 38.6 Å². The van der Waals surface area contributed by atoms with Gasteiger partial charge in [0.15, 0.2) is 0 Å². The summed E-state index contributed by atoms with van der Waals surface area (Å²) in [6.45, 7) is 2.29. The Hall–Kier alpha value is -1.64. The summed E-state index contributed by atoms with van der Waals surface area (Å²) in [5.74, 6) is 0.822. The Kier molecular flexibility index (Phi) is 3.13. The predicted molar refractivity (Wildman–Crippen MR) is 74.6 cm³/mol. The number of aromatic nitrogens is 2. The largest absolute Gasteiger partial charge is 0.382 e. The van der Waals surface area contributed by atoms with E-state index in [-0.39, 0.29) is 0 Å². The average Bonchev–Trinajstić information content (AvgIpc) is 2.92. The van der Waals surface area contributed by atoms with Crippen molar-refractivity contribution < 1.29 is 0 Å². The van der Waals surface area contributed by atoms with Crippen LogP contribution in [-0.2, 0) is 0 Å². The van der Waals surface area contributed by atoms with Crippen LogP contribution in [0.1, 0.15) is 32.6 Å². The topological polar surface area (TPSA) is 37.8 Å². The van der Waals surface area contributed by atoms with Crippen molar-refractivity contribution in [2.75, 3.05) is 5.32 Å². The molecular weight excluding hydrogens is 222 g/mol. The Bertz CT molecular complexity index is 532. The molecule has 3 nitrogen and oxygen atoms in total. The summed E-state index contributed by atoms with van der Waals surface area (Å²) in [5, 5.41) is 3.61. The number of fused-ring (bicyclic) bond motifs is 1. The molecule has 0 aliphatic heterocycles. The molecule has 0 amide bonds. The van der Waals surface area contributed by atoms with Crippen molar-refractivity contribution in [3.63, 3.8) is 0 Å². The van der Waals surface area contributed by atoms with Crippen LogP contribution in [0.3, 0.4) is 0 Å². The molecule has 18 heavy (non-hydrogen) atoms. The third-order valence-electron chi connectivity index (χ3n) is 3.97. The first-order valence-electron chi connectivity index (χ1n) is 6.80. The molecule has 0 radical (unpaired) electrons. The van der Waals surface area contributed by atoms with Gasteiger partial charge in [0.25, 0.3) is 0 Å². The Morgan fingerprint density at radius 1 is 1.11 bits per heavy atom. The second kappa shape index (κ2) is 4.92. The van der Waals surface area contributed by atoms with Gasteiger partial charge in [0.1, 0.15) is 0 Å². The molecule has 3 rings (SSSR count). The summed E-state index contributed by atoms with van der Waals surface area (Å²) in [6.07, 6.45) is 8.98. The molecule has 1 heterocycles. The number of hydrogen-bond donors (Lipinski definition) is 1. The van der Waals surface area contributed by atoms with Gasteiger partial charge >= 0.3 is 0 Å². The lowest BCUT2D eigenvalue weighted by Gasteiger charge is -2.21. The lowest BCUT2D eigenvalue weighted by atomic mass is 9.99. The number of hydrogen-bond acceptors (Lipinski definition) is 3. The summed E-state index contributed by atoms with van der Waals surface area (Å²) < 4.78 is 0. The molecule has 1 atom stereocenters. The number of rotatable bonds is 3. The van der Waals surface area contributed by atoms with Crippen molar-refractivity contribution in [1.29, 1.82) is 0 Å². The first-order chi connectivity index (χ1) is 8.83. The predicted octanol–water partition coefficient (Wildman–Crippen LogP) is 3.62. The minimum atomic E-state index is 0.543. The zero-order valence-corrected chi connectivity index (χ0v) is 10.8. The van der Waals surface area contributed by atoms with E-state index in [1.807, 2.05) is 6.07 Å². The lowest BCUT2D eigenvalue weighted by molar-refractivity contribution is 0.482. The normalized spacial score (nSPS) is 18.1. The van der Waals surface area contributed by atoms with Crippen LogP contribution in [0.15, 0.2) is 30.6 Å². The van der Waals surface area contributed by atoms with E-state index in [2.05, 4.69) is 34.3 Å².